The second kappa shape index (κ2) is 5.14. The lowest BCUT2D eigenvalue weighted by Crippen LogP contribution is -2.41. The van der Waals surface area contributed by atoms with Crippen molar-refractivity contribution in [2.24, 2.45) is 5.41 Å². The second-order valence-corrected chi connectivity index (χ2v) is 6.14. The highest BCUT2D eigenvalue weighted by atomic mass is 16.5. The third-order valence-corrected chi connectivity index (χ3v) is 4.91. The average Bonchev–Trinajstić information content (AvgIpc) is 2.76. The maximum atomic E-state index is 5.39. The quantitative estimate of drug-likeness (QED) is 0.881. The first-order valence-corrected chi connectivity index (χ1v) is 7.27. The highest BCUT2D eigenvalue weighted by Crippen LogP contribution is 2.48. The molecule has 1 atom stereocenters. The van der Waals surface area contributed by atoms with Gasteiger partial charge >= 0.3 is 0 Å². The van der Waals surface area contributed by atoms with Crippen molar-refractivity contribution in [3.05, 3.63) is 29.8 Å². The lowest BCUT2D eigenvalue weighted by molar-refractivity contribution is 0.187. The van der Waals surface area contributed by atoms with E-state index >= 15 is 0 Å². The largest absolute Gasteiger partial charge is 0.497 e. The summed E-state index contributed by atoms with van der Waals surface area (Å²) < 4.78 is 5.39. The van der Waals surface area contributed by atoms with Crippen molar-refractivity contribution in [1.82, 2.24) is 10.2 Å². The van der Waals surface area contributed by atoms with Gasteiger partial charge in [-0.25, -0.2) is 0 Å². The number of nitrogens with one attached hydrogen (secondary N) is 1. The lowest BCUT2D eigenvalue weighted by atomic mass is 9.69. The van der Waals surface area contributed by atoms with E-state index in [1.807, 2.05) is 6.07 Å². The Bertz CT molecular complexity index is 440. The van der Waals surface area contributed by atoms with Crippen molar-refractivity contribution < 1.29 is 4.74 Å². The molecular weight excluding hydrogens is 236 g/mol. The highest BCUT2D eigenvalue weighted by Gasteiger charge is 2.46. The highest BCUT2D eigenvalue weighted by molar-refractivity contribution is 5.33. The molecule has 0 radical (unpaired) electrons. The van der Waals surface area contributed by atoms with Crippen LogP contribution in [0.2, 0.25) is 0 Å². The average molecular weight is 260 g/mol. The number of piperidine rings is 1. The first-order chi connectivity index (χ1) is 9.23. The minimum Gasteiger partial charge on any atom is -0.497 e. The third kappa shape index (κ3) is 2.37. The molecule has 1 aromatic carbocycles. The van der Waals surface area contributed by atoms with E-state index < -0.39 is 0 Å². The monoisotopic (exact) mass is 260 g/mol. The number of likely N-dealkylation sites (tertiary alicyclic amines) is 1. The summed E-state index contributed by atoms with van der Waals surface area (Å²) in [5.74, 6) is 1.63. The van der Waals surface area contributed by atoms with Crippen LogP contribution in [0.3, 0.4) is 0 Å². The number of hydrogen-bond donors (Lipinski definition) is 1. The van der Waals surface area contributed by atoms with Crippen LogP contribution in [0.25, 0.3) is 0 Å². The normalized spacial score (nSPS) is 26.7. The van der Waals surface area contributed by atoms with E-state index in [4.69, 9.17) is 4.74 Å². The molecule has 1 N–H and O–H groups in total. The van der Waals surface area contributed by atoms with Crippen LogP contribution in [0.1, 0.15) is 24.3 Å². The standard InChI is InChI=1S/C16H24N2O/c1-18-11-15(13-4-3-5-14(10-13)19-2)16(12-18)6-8-17-9-7-16/h3-5,10,15,17H,6-9,11-12H2,1-2H3. The zero-order valence-electron chi connectivity index (χ0n) is 12.0. The Morgan fingerprint density at radius 1 is 1.32 bits per heavy atom. The molecule has 0 aliphatic carbocycles. The van der Waals surface area contributed by atoms with Crippen molar-refractivity contribution in [3.63, 3.8) is 0 Å². The van der Waals surface area contributed by atoms with Gasteiger partial charge in [0.05, 0.1) is 7.11 Å². The van der Waals surface area contributed by atoms with Gasteiger partial charge < -0.3 is 15.0 Å². The molecule has 1 aromatic rings. The summed E-state index contributed by atoms with van der Waals surface area (Å²) in [6.07, 6.45) is 2.58. The maximum Gasteiger partial charge on any atom is 0.119 e. The van der Waals surface area contributed by atoms with Gasteiger partial charge in [-0.05, 0) is 56.1 Å². The number of rotatable bonds is 2. The third-order valence-electron chi connectivity index (χ3n) is 4.91. The van der Waals surface area contributed by atoms with Crippen molar-refractivity contribution in [2.45, 2.75) is 18.8 Å². The van der Waals surface area contributed by atoms with Crippen LogP contribution < -0.4 is 10.1 Å². The summed E-state index contributed by atoms with van der Waals surface area (Å²) in [6, 6.07) is 8.67. The van der Waals surface area contributed by atoms with Gasteiger partial charge in [0, 0.05) is 19.0 Å². The van der Waals surface area contributed by atoms with Crippen LogP contribution in [0.4, 0.5) is 0 Å². The van der Waals surface area contributed by atoms with Gasteiger partial charge in [-0.3, -0.25) is 0 Å². The van der Waals surface area contributed by atoms with Gasteiger partial charge in [0.2, 0.25) is 0 Å². The topological polar surface area (TPSA) is 24.5 Å². The summed E-state index contributed by atoms with van der Waals surface area (Å²) in [5, 5.41) is 3.50. The number of likely N-dealkylation sites (N-methyl/N-ethyl adjacent to an activating group) is 1. The van der Waals surface area contributed by atoms with E-state index in [0.29, 0.717) is 11.3 Å². The van der Waals surface area contributed by atoms with Crippen LogP contribution in [0.15, 0.2) is 24.3 Å². The molecule has 0 bridgehead atoms. The molecule has 1 spiro atoms. The fourth-order valence-corrected chi connectivity index (χ4v) is 3.97. The van der Waals surface area contributed by atoms with E-state index in [0.717, 1.165) is 18.8 Å². The fourth-order valence-electron chi connectivity index (χ4n) is 3.97. The molecule has 2 heterocycles. The van der Waals surface area contributed by atoms with E-state index in [-0.39, 0.29) is 0 Å². The number of benzene rings is 1. The van der Waals surface area contributed by atoms with Crippen LogP contribution >= 0.6 is 0 Å². The summed E-state index contributed by atoms with van der Waals surface area (Å²) in [4.78, 5) is 2.50. The molecule has 3 heteroatoms. The molecular formula is C16H24N2O. The Morgan fingerprint density at radius 3 is 2.84 bits per heavy atom. The number of ether oxygens (including phenoxy) is 1. The van der Waals surface area contributed by atoms with Gasteiger partial charge in [0.25, 0.3) is 0 Å². The van der Waals surface area contributed by atoms with Crippen LogP contribution in [-0.4, -0.2) is 45.2 Å². The van der Waals surface area contributed by atoms with Gasteiger partial charge in [0.1, 0.15) is 5.75 Å². The van der Waals surface area contributed by atoms with Gasteiger partial charge in [0.15, 0.2) is 0 Å². The van der Waals surface area contributed by atoms with Crippen molar-refractivity contribution in [1.29, 1.82) is 0 Å². The Labute approximate surface area is 115 Å². The van der Waals surface area contributed by atoms with E-state index in [9.17, 15) is 0 Å². The molecule has 3 rings (SSSR count). The number of nitrogens with zero attached hydrogens (tertiary/aromatic N) is 1. The van der Waals surface area contributed by atoms with E-state index in [2.05, 4.69) is 35.5 Å². The molecule has 2 aliphatic heterocycles. The smallest absolute Gasteiger partial charge is 0.119 e. The van der Waals surface area contributed by atoms with Crippen LogP contribution in [-0.2, 0) is 0 Å². The fraction of sp³-hybridized carbons (Fsp3) is 0.625. The Balaban J connectivity index is 1.92. The Morgan fingerprint density at radius 2 is 2.11 bits per heavy atom. The molecule has 2 aliphatic rings. The zero-order valence-corrected chi connectivity index (χ0v) is 12.0. The first-order valence-electron chi connectivity index (χ1n) is 7.27. The molecule has 0 amide bonds. The minimum absolute atomic E-state index is 0.465. The van der Waals surface area contributed by atoms with Crippen molar-refractivity contribution >= 4 is 0 Å². The Kier molecular flexibility index (Phi) is 3.50. The Hall–Kier alpha value is -1.06. The minimum atomic E-state index is 0.465. The predicted molar refractivity (Wildman–Crippen MR) is 77.8 cm³/mol. The summed E-state index contributed by atoms with van der Waals surface area (Å²) in [7, 11) is 4.00. The van der Waals surface area contributed by atoms with Crippen LogP contribution in [0, 0.1) is 5.41 Å². The van der Waals surface area contributed by atoms with Gasteiger partial charge in [-0.15, -0.1) is 0 Å². The SMILES string of the molecule is COc1cccc(C2CN(C)CC23CCNCC3)c1. The molecule has 19 heavy (non-hydrogen) atoms. The number of methoxy groups -OCH3 is 1. The molecule has 2 saturated heterocycles. The number of hydrogen-bond acceptors (Lipinski definition) is 3. The van der Waals surface area contributed by atoms with Crippen molar-refractivity contribution in [2.75, 3.05) is 40.3 Å². The molecule has 1 unspecified atom stereocenters. The molecule has 2 fully saturated rings. The molecule has 3 nitrogen and oxygen atoms in total. The second-order valence-electron chi connectivity index (χ2n) is 6.14. The first kappa shape index (κ1) is 12.9. The van der Waals surface area contributed by atoms with Gasteiger partial charge in [-0.2, -0.15) is 0 Å². The maximum absolute atomic E-state index is 5.39. The van der Waals surface area contributed by atoms with Crippen LogP contribution in [0.5, 0.6) is 5.75 Å². The van der Waals surface area contributed by atoms with Crippen molar-refractivity contribution in [3.8, 4) is 5.75 Å². The molecule has 0 saturated carbocycles. The lowest BCUT2D eigenvalue weighted by Gasteiger charge is -2.39. The predicted octanol–water partition coefficient (Wildman–Crippen LogP) is 2.09. The van der Waals surface area contributed by atoms with E-state index in [1.54, 1.807) is 7.11 Å². The zero-order chi connectivity index (χ0) is 13.3. The summed E-state index contributed by atoms with van der Waals surface area (Å²) in [5.41, 5.74) is 1.91. The van der Waals surface area contributed by atoms with E-state index in [1.165, 1.54) is 31.5 Å². The molecule has 104 valence electrons. The summed E-state index contributed by atoms with van der Waals surface area (Å²) >= 11 is 0. The molecule has 0 aromatic heterocycles. The summed E-state index contributed by atoms with van der Waals surface area (Å²) in [6.45, 7) is 4.73. The van der Waals surface area contributed by atoms with Gasteiger partial charge in [-0.1, -0.05) is 12.1 Å².